The van der Waals surface area contributed by atoms with Gasteiger partial charge in [-0.1, -0.05) is 12.8 Å². The van der Waals surface area contributed by atoms with Crippen molar-refractivity contribution in [3.8, 4) is 0 Å². The van der Waals surface area contributed by atoms with E-state index in [9.17, 15) is 9.59 Å². The van der Waals surface area contributed by atoms with Gasteiger partial charge in [0, 0.05) is 26.2 Å². The van der Waals surface area contributed by atoms with Gasteiger partial charge in [0.25, 0.3) is 0 Å². The minimum Gasteiger partial charge on any atom is -0.305 e. The Morgan fingerprint density at radius 3 is 2.33 bits per heavy atom. The summed E-state index contributed by atoms with van der Waals surface area (Å²) in [6.45, 7) is 3.36. The van der Waals surface area contributed by atoms with Crippen molar-refractivity contribution in [3.05, 3.63) is 5.70 Å². The van der Waals surface area contributed by atoms with Crippen molar-refractivity contribution in [1.29, 1.82) is 0 Å². The van der Waals surface area contributed by atoms with Crippen LogP contribution in [0.5, 0.6) is 0 Å². The number of hydrogen-bond donors (Lipinski definition) is 0. The highest BCUT2D eigenvalue weighted by atomic mass is 16.1. The number of nitrogens with zero attached hydrogens (tertiary/aromatic N) is 3. The summed E-state index contributed by atoms with van der Waals surface area (Å²) >= 11 is 0. The SMILES string of the molecule is CN1CCN(C=O)C(=C=O)C1N1CCCCCC1. The molecule has 5 nitrogen and oxygen atoms in total. The van der Waals surface area contributed by atoms with Crippen molar-refractivity contribution < 1.29 is 9.59 Å². The monoisotopic (exact) mass is 251 g/mol. The minimum atomic E-state index is -0.0838. The Kier molecular flexibility index (Phi) is 4.53. The molecule has 0 bridgehead atoms. The smallest absolute Gasteiger partial charge is 0.214 e. The lowest BCUT2D eigenvalue weighted by Crippen LogP contribution is -2.57. The predicted octanol–water partition coefficient (Wildman–Crippen LogP) is 0.308. The second-order valence-electron chi connectivity index (χ2n) is 5.09. The molecule has 1 amide bonds. The van der Waals surface area contributed by atoms with E-state index in [4.69, 9.17) is 0 Å². The topological polar surface area (TPSA) is 43.9 Å². The second-order valence-corrected chi connectivity index (χ2v) is 5.09. The maximum atomic E-state index is 11.2. The standard InChI is InChI=1S/C13H21N3O2/c1-14-8-9-16(11-18)12(10-17)13(14)15-6-4-2-3-5-7-15/h11,13H,2-9H2,1H3. The molecule has 0 aromatic heterocycles. The molecule has 0 aromatic rings. The van der Waals surface area contributed by atoms with Gasteiger partial charge in [0.2, 0.25) is 6.41 Å². The van der Waals surface area contributed by atoms with Crippen LogP contribution in [0.1, 0.15) is 25.7 Å². The van der Waals surface area contributed by atoms with Crippen molar-refractivity contribution in [1.82, 2.24) is 14.7 Å². The van der Waals surface area contributed by atoms with Crippen molar-refractivity contribution >= 4 is 12.4 Å². The number of rotatable bonds is 2. The molecule has 0 saturated carbocycles. The second kappa shape index (κ2) is 6.14. The lowest BCUT2D eigenvalue weighted by molar-refractivity contribution is -0.119. The van der Waals surface area contributed by atoms with Crippen LogP contribution in [0.15, 0.2) is 5.70 Å². The Morgan fingerprint density at radius 1 is 1.11 bits per heavy atom. The fourth-order valence-electron chi connectivity index (χ4n) is 2.88. The van der Waals surface area contributed by atoms with E-state index in [0.29, 0.717) is 12.2 Å². The van der Waals surface area contributed by atoms with E-state index in [1.807, 2.05) is 13.0 Å². The lowest BCUT2D eigenvalue weighted by Gasteiger charge is -2.43. The van der Waals surface area contributed by atoms with Gasteiger partial charge in [-0.2, -0.15) is 0 Å². The molecule has 2 saturated heterocycles. The van der Waals surface area contributed by atoms with Crippen LogP contribution in [0.4, 0.5) is 0 Å². The molecule has 0 aliphatic carbocycles. The van der Waals surface area contributed by atoms with Crippen LogP contribution in [0, 0.1) is 0 Å². The van der Waals surface area contributed by atoms with Gasteiger partial charge in [0.15, 0.2) is 0 Å². The van der Waals surface area contributed by atoms with Gasteiger partial charge in [0.05, 0.1) is 0 Å². The van der Waals surface area contributed by atoms with Gasteiger partial charge in [-0.25, -0.2) is 4.79 Å². The molecule has 2 aliphatic heterocycles. The van der Waals surface area contributed by atoms with E-state index < -0.39 is 0 Å². The van der Waals surface area contributed by atoms with Crippen molar-refractivity contribution in [2.75, 3.05) is 33.2 Å². The number of piperazine rings is 1. The minimum absolute atomic E-state index is 0.0838. The third-order valence-electron chi connectivity index (χ3n) is 3.88. The summed E-state index contributed by atoms with van der Waals surface area (Å²) in [5.41, 5.74) is 0.473. The first kappa shape index (κ1) is 13.3. The zero-order chi connectivity index (χ0) is 13.0. The molecule has 5 heteroatoms. The average molecular weight is 251 g/mol. The molecule has 2 rings (SSSR count). The number of likely N-dealkylation sites (tertiary alicyclic amines) is 1. The summed E-state index contributed by atoms with van der Waals surface area (Å²) in [4.78, 5) is 28.2. The molecule has 0 radical (unpaired) electrons. The van der Waals surface area contributed by atoms with Crippen LogP contribution in [-0.2, 0) is 9.59 Å². The van der Waals surface area contributed by atoms with Crippen LogP contribution >= 0.6 is 0 Å². The van der Waals surface area contributed by atoms with E-state index in [-0.39, 0.29) is 6.17 Å². The van der Waals surface area contributed by atoms with Crippen molar-refractivity contribution in [2.24, 2.45) is 0 Å². The van der Waals surface area contributed by atoms with E-state index >= 15 is 0 Å². The summed E-state index contributed by atoms with van der Waals surface area (Å²) in [5, 5.41) is 0. The van der Waals surface area contributed by atoms with Crippen LogP contribution in [0.25, 0.3) is 0 Å². The molecule has 100 valence electrons. The van der Waals surface area contributed by atoms with Crippen LogP contribution < -0.4 is 0 Å². The van der Waals surface area contributed by atoms with Crippen molar-refractivity contribution in [2.45, 2.75) is 31.8 Å². The molecule has 0 aromatic carbocycles. The Labute approximate surface area is 108 Å². The largest absolute Gasteiger partial charge is 0.305 e. The molecule has 0 spiro atoms. The first-order valence-electron chi connectivity index (χ1n) is 6.69. The Morgan fingerprint density at radius 2 is 1.78 bits per heavy atom. The van der Waals surface area contributed by atoms with E-state index in [0.717, 1.165) is 38.9 Å². The number of carbonyl (C=O) groups excluding carboxylic acids is 2. The molecular weight excluding hydrogens is 230 g/mol. The molecule has 2 fully saturated rings. The molecule has 2 aliphatic rings. The van der Waals surface area contributed by atoms with E-state index in [1.165, 1.54) is 17.7 Å². The van der Waals surface area contributed by atoms with Gasteiger partial charge in [-0.05, 0) is 19.9 Å². The molecule has 18 heavy (non-hydrogen) atoms. The van der Waals surface area contributed by atoms with Crippen LogP contribution in [0.3, 0.4) is 0 Å². The summed E-state index contributed by atoms with van der Waals surface area (Å²) in [6, 6.07) is 0. The van der Waals surface area contributed by atoms with Gasteiger partial charge < -0.3 is 4.90 Å². The van der Waals surface area contributed by atoms with Crippen LogP contribution in [0.2, 0.25) is 0 Å². The quantitative estimate of drug-likeness (QED) is 0.523. The summed E-state index contributed by atoms with van der Waals surface area (Å²) in [5.74, 6) is 1.98. The van der Waals surface area contributed by atoms with Gasteiger partial charge in [-0.15, -0.1) is 0 Å². The van der Waals surface area contributed by atoms with Crippen LogP contribution in [-0.4, -0.2) is 66.4 Å². The highest BCUT2D eigenvalue weighted by Crippen LogP contribution is 2.22. The van der Waals surface area contributed by atoms with E-state index in [2.05, 4.69) is 9.80 Å². The number of hydrogen-bond acceptors (Lipinski definition) is 4. The highest BCUT2D eigenvalue weighted by molar-refractivity contribution is 5.63. The molecule has 2 heterocycles. The number of amides is 1. The maximum Gasteiger partial charge on any atom is 0.214 e. The van der Waals surface area contributed by atoms with Gasteiger partial charge in [0.1, 0.15) is 17.8 Å². The zero-order valence-electron chi connectivity index (χ0n) is 11.0. The first-order chi connectivity index (χ1) is 8.77. The number of likely N-dealkylation sites (N-methyl/N-ethyl adjacent to an activating group) is 1. The first-order valence-corrected chi connectivity index (χ1v) is 6.69. The zero-order valence-corrected chi connectivity index (χ0v) is 11.0. The average Bonchev–Trinajstić information content (AvgIpc) is 2.67. The van der Waals surface area contributed by atoms with Crippen molar-refractivity contribution in [3.63, 3.8) is 0 Å². The Bertz CT molecular complexity index is 344. The Hall–Kier alpha value is -1.16. The number of carbonyl (C=O) groups is 1. The fraction of sp³-hybridized carbons (Fsp3) is 0.769. The molecular formula is C13H21N3O2. The van der Waals surface area contributed by atoms with E-state index in [1.54, 1.807) is 0 Å². The van der Waals surface area contributed by atoms with Gasteiger partial charge >= 0.3 is 0 Å². The molecule has 1 atom stereocenters. The molecule has 0 N–H and O–H groups in total. The fourth-order valence-corrected chi connectivity index (χ4v) is 2.88. The predicted molar refractivity (Wildman–Crippen MR) is 68.4 cm³/mol. The lowest BCUT2D eigenvalue weighted by atomic mass is 10.2. The third kappa shape index (κ3) is 2.64. The summed E-state index contributed by atoms with van der Waals surface area (Å²) in [7, 11) is 2.01. The van der Waals surface area contributed by atoms with Gasteiger partial charge in [-0.3, -0.25) is 14.6 Å². The summed E-state index contributed by atoms with van der Waals surface area (Å²) < 4.78 is 0. The normalized spacial score (nSPS) is 27.7. The maximum absolute atomic E-state index is 11.2. The molecule has 1 unspecified atom stereocenters. The Balaban J connectivity index is 2.20. The highest BCUT2D eigenvalue weighted by Gasteiger charge is 2.34. The third-order valence-corrected chi connectivity index (χ3v) is 3.88. The summed E-state index contributed by atoms with van der Waals surface area (Å²) in [6.07, 6.45) is 5.50.